The second-order valence-electron chi connectivity index (χ2n) is 5.20. The van der Waals surface area contributed by atoms with Crippen LogP contribution in [0.4, 0.5) is 0 Å². The number of alkyl halides is 1. The van der Waals surface area contributed by atoms with Crippen molar-refractivity contribution in [3.8, 4) is 0 Å². The normalized spacial score (nSPS) is 21.4. The van der Waals surface area contributed by atoms with Crippen molar-refractivity contribution in [1.82, 2.24) is 4.90 Å². The molecule has 0 aromatic heterocycles. The number of likely N-dealkylation sites (tertiary alicyclic amines) is 1. The lowest BCUT2D eigenvalue weighted by Crippen LogP contribution is -2.31. The SMILES string of the molecule is C1CCN(CC2CC2)CC1.CCCCCBr. The van der Waals surface area contributed by atoms with Gasteiger partial charge in [-0.1, -0.05) is 42.1 Å². The molecule has 0 aromatic rings. The molecule has 2 heteroatoms. The highest BCUT2D eigenvalue weighted by Gasteiger charge is 2.24. The quantitative estimate of drug-likeness (QED) is 0.534. The van der Waals surface area contributed by atoms with Crippen LogP contribution in [0.1, 0.15) is 58.3 Å². The minimum absolute atomic E-state index is 1.10. The van der Waals surface area contributed by atoms with Crippen LogP contribution in [0.3, 0.4) is 0 Å². The Morgan fingerprint density at radius 1 is 1.06 bits per heavy atom. The van der Waals surface area contributed by atoms with Crippen molar-refractivity contribution >= 4 is 15.9 Å². The summed E-state index contributed by atoms with van der Waals surface area (Å²) in [6.07, 6.45) is 11.4. The summed E-state index contributed by atoms with van der Waals surface area (Å²) >= 11 is 3.35. The fraction of sp³-hybridized carbons (Fsp3) is 1.00. The Balaban J connectivity index is 0.000000187. The first-order valence-electron chi connectivity index (χ1n) is 7.15. The zero-order valence-electron chi connectivity index (χ0n) is 10.9. The number of rotatable bonds is 5. The molecule has 2 fully saturated rings. The van der Waals surface area contributed by atoms with Crippen molar-refractivity contribution in [3.05, 3.63) is 0 Å². The molecule has 0 aromatic carbocycles. The van der Waals surface area contributed by atoms with Crippen molar-refractivity contribution in [1.29, 1.82) is 0 Å². The Bertz CT molecular complexity index is 147. The molecule has 1 aliphatic carbocycles. The third kappa shape index (κ3) is 7.67. The van der Waals surface area contributed by atoms with E-state index < -0.39 is 0 Å². The number of unbranched alkanes of at least 4 members (excludes halogenated alkanes) is 2. The van der Waals surface area contributed by atoms with Gasteiger partial charge in [-0.2, -0.15) is 0 Å². The van der Waals surface area contributed by atoms with E-state index in [2.05, 4.69) is 27.8 Å². The van der Waals surface area contributed by atoms with Gasteiger partial charge in [0.1, 0.15) is 0 Å². The zero-order chi connectivity index (χ0) is 11.6. The number of halogens is 1. The zero-order valence-corrected chi connectivity index (χ0v) is 12.5. The molecular weight excluding hydrogens is 262 g/mol. The van der Waals surface area contributed by atoms with Gasteiger partial charge in [0.2, 0.25) is 0 Å². The predicted octanol–water partition coefficient (Wildman–Crippen LogP) is 4.45. The number of piperidine rings is 1. The maximum absolute atomic E-state index is 3.35. The summed E-state index contributed by atoms with van der Waals surface area (Å²) in [6.45, 7) is 6.40. The van der Waals surface area contributed by atoms with E-state index in [4.69, 9.17) is 0 Å². The van der Waals surface area contributed by atoms with E-state index in [0.29, 0.717) is 0 Å². The Morgan fingerprint density at radius 3 is 2.19 bits per heavy atom. The van der Waals surface area contributed by atoms with Gasteiger partial charge >= 0.3 is 0 Å². The molecule has 0 N–H and O–H groups in total. The van der Waals surface area contributed by atoms with Gasteiger partial charge in [0.25, 0.3) is 0 Å². The summed E-state index contributed by atoms with van der Waals surface area (Å²) in [4.78, 5) is 2.65. The standard InChI is InChI=1S/C9H17N.C5H11Br/c1-2-6-10(7-3-1)8-9-4-5-9;1-2-3-4-5-6/h9H,1-8H2;2-5H2,1H3. The van der Waals surface area contributed by atoms with Crippen LogP contribution in [0, 0.1) is 5.92 Å². The molecule has 2 aliphatic rings. The summed E-state index contributed by atoms with van der Waals surface area (Å²) in [7, 11) is 0. The Morgan fingerprint density at radius 2 is 1.75 bits per heavy atom. The predicted molar refractivity (Wildman–Crippen MR) is 76.3 cm³/mol. The smallest absolute Gasteiger partial charge is 0.00313 e. The van der Waals surface area contributed by atoms with Crippen LogP contribution in [0.15, 0.2) is 0 Å². The third-order valence-electron chi connectivity index (χ3n) is 3.40. The summed E-state index contributed by atoms with van der Waals surface area (Å²) < 4.78 is 0. The highest BCUT2D eigenvalue weighted by molar-refractivity contribution is 9.09. The maximum Gasteiger partial charge on any atom is 0.00313 e. The molecule has 1 nitrogen and oxygen atoms in total. The largest absolute Gasteiger partial charge is 0.303 e. The molecule has 96 valence electrons. The van der Waals surface area contributed by atoms with Crippen LogP contribution in [-0.4, -0.2) is 29.9 Å². The van der Waals surface area contributed by atoms with Gasteiger partial charge in [-0.05, 0) is 51.1 Å². The molecule has 0 bridgehead atoms. The summed E-state index contributed by atoms with van der Waals surface area (Å²) in [6, 6.07) is 0. The summed E-state index contributed by atoms with van der Waals surface area (Å²) in [5, 5.41) is 1.17. The highest BCUT2D eigenvalue weighted by atomic mass is 79.9. The van der Waals surface area contributed by atoms with Crippen LogP contribution in [0.2, 0.25) is 0 Å². The average molecular weight is 290 g/mol. The topological polar surface area (TPSA) is 3.24 Å². The molecule has 0 spiro atoms. The molecule has 1 heterocycles. The Hall–Kier alpha value is 0.440. The lowest BCUT2D eigenvalue weighted by atomic mass is 10.1. The molecule has 1 saturated heterocycles. The maximum atomic E-state index is 3.35. The van der Waals surface area contributed by atoms with Gasteiger partial charge in [0, 0.05) is 11.9 Å². The number of hydrogen-bond donors (Lipinski definition) is 0. The number of nitrogens with zero attached hydrogens (tertiary/aromatic N) is 1. The molecule has 0 unspecified atom stereocenters. The van der Waals surface area contributed by atoms with Gasteiger partial charge in [0.05, 0.1) is 0 Å². The second-order valence-corrected chi connectivity index (χ2v) is 5.99. The third-order valence-corrected chi connectivity index (χ3v) is 3.96. The minimum Gasteiger partial charge on any atom is -0.303 e. The minimum atomic E-state index is 1.10. The molecule has 1 saturated carbocycles. The van der Waals surface area contributed by atoms with Gasteiger partial charge in [0.15, 0.2) is 0 Å². The number of hydrogen-bond acceptors (Lipinski definition) is 1. The van der Waals surface area contributed by atoms with Gasteiger partial charge in [-0.15, -0.1) is 0 Å². The van der Waals surface area contributed by atoms with Crippen LogP contribution in [0.25, 0.3) is 0 Å². The van der Waals surface area contributed by atoms with Crippen molar-refractivity contribution in [2.45, 2.75) is 58.3 Å². The highest BCUT2D eigenvalue weighted by Crippen LogP contribution is 2.30. The molecule has 2 rings (SSSR count). The molecule has 0 amide bonds. The van der Waals surface area contributed by atoms with Crippen LogP contribution >= 0.6 is 15.9 Å². The Labute approximate surface area is 110 Å². The van der Waals surface area contributed by atoms with Crippen molar-refractivity contribution in [2.24, 2.45) is 5.92 Å². The monoisotopic (exact) mass is 289 g/mol. The van der Waals surface area contributed by atoms with Gasteiger partial charge in [-0.3, -0.25) is 0 Å². The van der Waals surface area contributed by atoms with E-state index in [0.717, 1.165) is 5.92 Å². The first-order chi connectivity index (χ1) is 7.86. The van der Waals surface area contributed by atoms with Crippen molar-refractivity contribution in [2.75, 3.05) is 25.0 Å². The van der Waals surface area contributed by atoms with Crippen LogP contribution < -0.4 is 0 Å². The molecule has 0 atom stereocenters. The van der Waals surface area contributed by atoms with E-state index >= 15 is 0 Å². The van der Waals surface area contributed by atoms with E-state index in [1.54, 1.807) is 0 Å². The van der Waals surface area contributed by atoms with E-state index in [9.17, 15) is 0 Å². The molecule has 16 heavy (non-hydrogen) atoms. The molecular formula is C14H28BrN. The van der Waals surface area contributed by atoms with Crippen molar-refractivity contribution < 1.29 is 0 Å². The Kier molecular flexibility index (Phi) is 8.58. The molecule has 1 aliphatic heterocycles. The summed E-state index contributed by atoms with van der Waals surface area (Å²) in [5.41, 5.74) is 0. The van der Waals surface area contributed by atoms with Crippen LogP contribution in [0.5, 0.6) is 0 Å². The lowest BCUT2D eigenvalue weighted by molar-refractivity contribution is 0.220. The fourth-order valence-corrected chi connectivity index (χ4v) is 2.55. The second kappa shape index (κ2) is 9.47. The summed E-state index contributed by atoms with van der Waals surface area (Å²) in [5.74, 6) is 1.10. The van der Waals surface area contributed by atoms with Gasteiger partial charge in [-0.25, -0.2) is 0 Å². The van der Waals surface area contributed by atoms with Crippen LogP contribution in [-0.2, 0) is 0 Å². The van der Waals surface area contributed by atoms with Crippen molar-refractivity contribution in [3.63, 3.8) is 0 Å². The first-order valence-corrected chi connectivity index (χ1v) is 8.27. The fourth-order valence-electron chi connectivity index (χ4n) is 2.15. The van der Waals surface area contributed by atoms with Gasteiger partial charge < -0.3 is 4.90 Å². The first kappa shape index (κ1) is 14.5. The average Bonchev–Trinajstić information content (AvgIpc) is 3.12. The van der Waals surface area contributed by atoms with E-state index in [1.807, 2.05) is 0 Å². The lowest BCUT2D eigenvalue weighted by Gasteiger charge is -2.26. The molecule has 0 radical (unpaired) electrons. The van der Waals surface area contributed by atoms with E-state index in [1.165, 1.54) is 76.3 Å². The van der Waals surface area contributed by atoms with E-state index in [-0.39, 0.29) is 0 Å².